The van der Waals surface area contributed by atoms with Crippen molar-refractivity contribution in [2.45, 2.75) is 210 Å². The Balaban J connectivity index is 0.000000313. The fourth-order valence-electron chi connectivity index (χ4n) is 20.5. The quantitative estimate of drug-likeness (QED) is 0.0197. The molecule has 7 aliphatic rings. The van der Waals surface area contributed by atoms with Crippen LogP contribution in [0, 0.1) is 79.3 Å². The van der Waals surface area contributed by atoms with E-state index in [1.54, 1.807) is 14.2 Å². The van der Waals surface area contributed by atoms with Crippen LogP contribution in [-0.4, -0.2) is 77.6 Å². The maximum Gasteiger partial charge on any atom is 1.00 e. The number of ether oxygens (including phenoxy) is 2. The molecule has 7 aliphatic carbocycles. The van der Waals surface area contributed by atoms with Gasteiger partial charge in [-0.05, 0) is 243 Å². The Bertz CT molecular complexity index is 4680. The summed E-state index contributed by atoms with van der Waals surface area (Å²) < 4.78 is 10.7. The minimum absolute atomic E-state index is 0. The van der Waals surface area contributed by atoms with E-state index in [-0.39, 0.29) is 87.7 Å². The molecule has 0 bridgehead atoms. The van der Waals surface area contributed by atoms with Crippen LogP contribution in [0.1, 0.15) is 252 Å². The van der Waals surface area contributed by atoms with E-state index in [0.29, 0.717) is 101 Å². The smallest absolute Gasteiger partial charge is 1.00 e. The van der Waals surface area contributed by atoms with Crippen LogP contribution in [0.25, 0.3) is 0 Å². The third kappa shape index (κ3) is 29.3. The molecule has 683 valence electrons. The predicted octanol–water partition coefficient (Wildman–Crippen LogP) is 20.9. The third-order valence-corrected chi connectivity index (χ3v) is 34.6. The van der Waals surface area contributed by atoms with Gasteiger partial charge in [0, 0.05) is 52.4 Å². The maximum atomic E-state index is 10.8. The molecule has 2 N–H and O–H groups in total. The zero-order chi connectivity index (χ0) is 90.1. The van der Waals surface area contributed by atoms with Crippen LogP contribution < -0.4 is 57.9 Å². The van der Waals surface area contributed by atoms with Crippen molar-refractivity contribution in [1.29, 1.82) is 0 Å². The van der Waals surface area contributed by atoms with Crippen molar-refractivity contribution in [1.82, 2.24) is 0 Å². The summed E-state index contributed by atoms with van der Waals surface area (Å²) in [4.78, 5) is 42.8. The Morgan fingerprint density at radius 2 is 0.566 bits per heavy atom. The van der Waals surface area contributed by atoms with E-state index >= 15 is 0 Å². The summed E-state index contributed by atoms with van der Waals surface area (Å²) in [6.07, 6.45) is 19.7. The van der Waals surface area contributed by atoms with Gasteiger partial charge in [0.05, 0.1) is 13.4 Å². The van der Waals surface area contributed by atoms with Gasteiger partial charge in [-0.1, -0.05) is 371 Å². The summed E-state index contributed by atoms with van der Waals surface area (Å²) in [5.41, 5.74) is 11.2. The van der Waals surface area contributed by atoms with Gasteiger partial charge in [0.2, 0.25) is 0 Å². The SMILES string of the molecule is C.COC=C[C@]1(C)C[C@H]1[C@@H](C)c1ccccc1.COC[P+](c1ccccc1)(c1ccccc1)c1ccccc1.C[C@@H](c1ccccc1)[C@@H]1C[C@@]1(C)C=O.C[C@@H](c1ccccc1)[C@@H]1C[C@@]1(C)C=O.C[C@@H](c1ccccc1)[C@@H]1C[C@@]1(C)CC=O.C[C@@H](c1ccccc1)[C@@H]1C[C@@]1(C)CC=O.C[C@@H](c1ccccc1)[C@@H]1C[C@@]1(C)CCO.C[C@@H](c1ccccc1)[C@@H]1C[C@@]1(C)CO.[B].[Cl-].[H+].[H-].[Na+]. The molecule has 0 aromatic heterocycles. The molecule has 10 aromatic carbocycles. The average molecular weight is 1790 g/mol. The summed E-state index contributed by atoms with van der Waals surface area (Å²) in [5, 5.41) is 22.3. The maximum absolute atomic E-state index is 10.8. The average Bonchev–Trinajstić information content (AvgIpc) is 1.38. The zero-order valence-corrected chi connectivity index (χ0v) is 83.5. The Kier molecular flexibility index (Phi) is 43.3. The predicted molar refractivity (Wildman–Crippen MR) is 538 cm³/mol. The minimum atomic E-state index is -1.78. The third-order valence-electron chi connectivity index (χ3n) is 30.4. The van der Waals surface area contributed by atoms with E-state index in [0.717, 1.165) is 69.1 Å². The number of hydrogen-bond donors (Lipinski definition) is 2. The van der Waals surface area contributed by atoms with E-state index in [1.807, 2.05) is 36.6 Å². The first-order valence-corrected chi connectivity index (χ1v) is 48.2. The molecule has 0 unspecified atom stereocenters. The summed E-state index contributed by atoms with van der Waals surface area (Å²) in [6, 6.07) is 106. The van der Waals surface area contributed by atoms with Crippen molar-refractivity contribution in [3.05, 3.63) is 355 Å². The van der Waals surface area contributed by atoms with Crippen LogP contribution in [0.15, 0.2) is 316 Å². The molecule has 0 heterocycles. The van der Waals surface area contributed by atoms with Crippen LogP contribution in [-0.2, 0) is 28.7 Å². The van der Waals surface area contributed by atoms with Gasteiger partial charge in [-0.3, -0.25) is 0 Å². The monoisotopic (exact) mass is 1790 g/mol. The number of aliphatic hydroxyl groups excluding tert-OH is 2. The number of aldehydes is 4. The summed E-state index contributed by atoms with van der Waals surface area (Å²) in [7, 11) is 1.73. The first kappa shape index (κ1) is 110. The first-order chi connectivity index (χ1) is 60.1. The minimum Gasteiger partial charge on any atom is -1.00 e. The van der Waals surface area contributed by atoms with Crippen molar-refractivity contribution < 1.29 is 83.7 Å². The second kappa shape index (κ2) is 50.8. The van der Waals surface area contributed by atoms with Gasteiger partial charge in [-0.2, -0.15) is 0 Å². The van der Waals surface area contributed by atoms with Crippen molar-refractivity contribution in [2.24, 2.45) is 79.3 Å². The van der Waals surface area contributed by atoms with Gasteiger partial charge in [0.15, 0.2) is 6.35 Å². The molecule has 7 fully saturated rings. The van der Waals surface area contributed by atoms with E-state index in [1.165, 1.54) is 87.0 Å². The number of carbonyl (C=O) groups excluding carboxylic acids is 4. The second-order valence-electron chi connectivity index (χ2n) is 39.6. The molecule has 21 atom stereocenters. The van der Waals surface area contributed by atoms with Gasteiger partial charge in [0.25, 0.3) is 0 Å². The molecule has 10 aromatic rings. The van der Waals surface area contributed by atoms with Crippen molar-refractivity contribution in [3.8, 4) is 0 Å². The van der Waals surface area contributed by atoms with Crippen molar-refractivity contribution >= 4 is 56.7 Å². The zero-order valence-electron chi connectivity index (χ0n) is 81.9. The fourth-order valence-corrected chi connectivity index (χ4v) is 24.3. The van der Waals surface area contributed by atoms with E-state index in [2.05, 4.69) is 376 Å². The molecule has 0 amide bonds. The molecule has 8 nitrogen and oxygen atoms in total. The van der Waals surface area contributed by atoms with Gasteiger partial charge < -0.3 is 52.7 Å². The number of halogens is 1. The van der Waals surface area contributed by atoms with Gasteiger partial charge in [-0.15, -0.1) is 0 Å². The van der Waals surface area contributed by atoms with E-state index in [9.17, 15) is 24.3 Å². The standard InChI is InChI=1S/C20H20OP.C15H20O.C14H20O.2C14H18O.C13H18O.2C13H16O.CH4.B.ClH.Na.H/c1-21-17-22(18-11-5-2-6-12-18,19-13-7-3-8-14-19)20-15-9-4-10-16-20;1-12(13-7-5-4-6-8-13)14-11-15(14,2)9-10-16-3;3*1-11(12-6-4-3-5-7-12)13-10-14(13,2)8-9-15;3*1-10(11-6-4-3-5-7-11)12-8-13(12,2)9-14;;;;;/h2-16H,17H2,1H3;4-10,12,14H,11H2,1-3H3;3-7,11,13,15H,8-10H2,1-2H3;2*3-7,9,11,13H,8,10H2,1-2H3;3-7,10,12,14H,8-9H2,1-2H3;2*3-7,9-10,12H,8H2,1-2H3;1H4;;1H;;/q+1;;;;;;;;;;;+1;-1/t;12-,14-,15+;3*11-,13-,14+;3*10-,12-,13-;;;;;/m.0000000...../s1. The molecule has 0 saturated heterocycles. The topological polar surface area (TPSA) is 127 Å². The molecular weight excluding hydrogens is 1630 g/mol. The fraction of sp³-hybridized carbons (Fsp3) is 0.436. The number of aliphatic hydroxyl groups is 2. The Morgan fingerprint density at radius 3 is 0.783 bits per heavy atom. The van der Waals surface area contributed by atoms with Crippen LogP contribution in [0.3, 0.4) is 0 Å². The van der Waals surface area contributed by atoms with Crippen molar-refractivity contribution in [3.63, 3.8) is 0 Å². The second-order valence-corrected chi connectivity index (χ2v) is 43.0. The number of carbonyl (C=O) groups is 4. The van der Waals surface area contributed by atoms with Crippen LogP contribution in [0.4, 0.5) is 0 Å². The summed E-state index contributed by atoms with van der Waals surface area (Å²) >= 11 is 0. The molecular formula is C117H152BClNaO8P+. The van der Waals surface area contributed by atoms with Gasteiger partial charge in [0.1, 0.15) is 48.3 Å². The summed E-state index contributed by atoms with van der Waals surface area (Å²) in [5.74, 6) is 8.64. The molecule has 129 heavy (non-hydrogen) atoms. The Morgan fingerprint density at radius 1 is 0.349 bits per heavy atom. The molecule has 17 rings (SSSR count). The number of allylic oxidation sites excluding steroid dienone is 1. The van der Waals surface area contributed by atoms with Gasteiger partial charge >= 0.3 is 31.0 Å². The normalized spacial score (nSPS) is 27.1. The van der Waals surface area contributed by atoms with Gasteiger partial charge in [-0.25, -0.2) is 0 Å². The van der Waals surface area contributed by atoms with Crippen molar-refractivity contribution in [2.75, 3.05) is 33.8 Å². The molecule has 12 heteroatoms. The molecule has 3 radical (unpaired) electrons. The number of hydrogen-bond acceptors (Lipinski definition) is 8. The van der Waals surface area contributed by atoms with Crippen LogP contribution in [0.2, 0.25) is 0 Å². The number of methoxy groups -OCH3 is 2. The number of benzene rings is 10. The first-order valence-electron chi connectivity index (χ1n) is 46.2. The van der Waals surface area contributed by atoms with E-state index < -0.39 is 7.26 Å². The largest absolute Gasteiger partial charge is 1.00 e. The Labute approximate surface area is 811 Å². The molecule has 0 aliphatic heterocycles. The Hall–Kier alpha value is -7.92. The van der Waals surface area contributed by atoms with E-state index in [4.69, 9.17) is 14.6 Å². The number of rotatable bonds is 30. The summed E-state index contributed by atoms with van der Waals surface area (Å²) in [6.45, 7) is 31.9. The molecule has 7 saturated carbocycles. The van der Waals surface area contributed by atoms with Crippen LogP contribution in [0.5, 0.6) is 0 Å². The van der Waals surface area contributed by atoms with Crippen LogP contribution >= 0.6 is 7.26 Å². The molecule has 0 spiro atoms.